The molecule has 1 N–H and O–H groups in total. The molecule has 0 rings (SSSR count). The van der Waals surface area contributed by atoms with Crippen LogP contribution in [0.1, 0.15) is 52.4 Å². The Morgan fingerprint density at radius 2 is 1.88 bits per heavy atom. The molecular formula is C12H22O4. The van der Waals surface area contributed by atoms with E-state index in [0.29, 0.717) is 6.61 Å². The molecule has 0 unspecified atom stereocenters. The zero-order chi connectivity index (χ0) is 12.4. The van der Waals surface area contributed by atoms with Crippen molar-refractivity contribution in [3.05, 3.63) is 0 Å². The summed E-state index contributed by atoms with van der Waals surface area (Å²) in [5, 5.41) is 8.69. The summed E-state index contributed by atoms with van der Waals surface area (Å²) < 4.78 is 5.01. The van der Waals surface area contributed by atoms with E-state index in [1.165, 1.54) is 0 Å². The molecule has 16 heavy (non-hydrogen) atoms. The molecule has 0 aliphatic carbocycles. The lowest BCUT2D eigenvalue weighted by Crippen LogP contribution is -2.15. The maximum absolute atomic E-state index is 11.4. The predicted octanol–water partition coefficient (Wildman–Crippen LogP) is 2.61. The van der Waals surface area contributed by atoms with Gasteiger partial charge >= 0.3 is 11.9 Å². The van der Waals surface area contributed by atoms with Gasteiger partial charge in [0.2, 0.25) is 0 Å². The highest BCUT2D eigenvalue weighted by molar-refractivity contribution is 5.72. The molecule has 0 amide bonds. The number of rotatable bonds is 9. The minimum absolute atomic E-state index is 0.0523. The fourth-order valence-corrected chi connectivity index (χ4v) is 1.56. The van der Waals surface area contributed by atoms with Crippen LogP contribution in [0.5, 0.6) is 0 Å². The van der Waals surface area contributed by atoms with E-state index in [2.05, 4.69) is 0 Å². The van der Waals surface area contributed by atoms with Gasteiger partial charge in [0.05, 0.1) is 6.61 Å². The number of carboxylic acids is 1. The molecule has 0 heterocycles. The van der Waals surface area contributed by atoms with E-state index < -0.39 is 5.97 Å². The molecular weight excluding hydrogens is 208 g/mol. The zero-order valence-corrected chi connectivity index (χ0v) is 10.2. The van der Waals surface area contributed by atoms with Crippen molar-refractivity contribution >= 4 is 11.9 Å². The van der Waals surface area contributed by atoms with E-state index in [4.69, 9.17) is 9.84 Å². The normalized spacial score (nSPS) is 12.1. The second-order valence-corrected chi connectivity index (χ2v) is 4.03. The molecule has 0 saturated carbocycles. The quantitative estimate of drug-likeness (QED) is 0.488. The third-order valence-electron chi connectivity index (χ3n) is 2.38. The Bertz CT molecular complexity index is 213. The summed E-state index contributed by atoms with van der Waals surface area (Å²) in [4.78, 5) is 21.9. The monoisotopic (exact) mass is 230 g/mol. The maximum atomic E-state index is 11.4. The average Bonchev–Trinajstić information content (AvgIpc) is 2.17. The first-order valence-corrected chi connectivity index (χ1v) is 5.97. The van der Waals surface area contributed by atoms with Crippen LogP contribution in [0, 0.1) is 5.92 Å². The topological polar surface area (TPSA) is 63.6 Å². The summed E-state index contributed by atoms with van der Waals surface area (Å²) in [6, 6.07) is 0. The minimum atomic E-state index is -0.847. The second-order valence-electron chi connectivity index (χ2n) is 4.03. The summed E-state index contributed by atoms with van der Waals surface area (Å²) in [7, 11) is 0. The fourth-order valence-electron chi connectivity index (χ4n) is 1.56. The van der Waals surface area contributed by atoms with Gasteiger partial charge in [-0.25, -0.2) is 0 Å². The van der Waals surface area contributed by atoms with Crippen LogP contribution in [-0.4, -0.2) is 23.7 Å². The molecule has 1 atom stereocenters. The van der Waals surface area contributed by atoms with Crippen LogP contribution in [0.2, 0.25) is 0 Å². The van der Waals surface area contributed by atoms with Crippen LogP contribution < -0.4 is 0 Å². The van der Waals surface area contributed by atoms with Gasteiger partial charge in [-0.1, -0.05) is 26.7 Å². The van der Waals surface area contributed by atoms with Crippen molar-refractivity contribution in [2.24, 2.45) is 5.92 Å². The summed E-state index contributed by atoms with van der Waals surface area (Å²) in [5.74, 6) is -1.20. The van der Waals surface area contributed by atoms with E-state index in [0.717, 1.165) is 25.7 Å². The van der Waals surface area contributed by atoms with Crippen molar-refractivity contribution in [3.8, 4) is 0 Å². The average molecular weight is 230 g/mol. The van der Waals surface area contributed by atoms with Crippen molar-refractivity contribution in [3.63, 3.8) is 0 Å². The number of aliphatic carboxylic acids is 1. The molecule has 0 aromatic heterocycles. The molecule has 4 nitrogen and oxygen atoms in total. The molecule has 0 aromatic carbocycles. The fraction of sp³-hybridized carbons (Fsp3) is 0.833. The molecule has 0 spiro atoms. The van der Waals surface area contributed by atoms with Gasteiger partial charge in [0.1, 0.15) is 0 Å². The van der Waals surface area contributed by atoms with E-state index >= 15 is 0 Å². The first-order valence-electron chi connectivity index (χ1n) is 5.97. The summed E-state index contributed by atoms with van der Waals surface area (Å²) in [5.41, 5.74) is 0. The lowest BCUT2D eigenvalue weighted by atomic mass is 9.96. The van der Waals surface area contributed by atoms with Gasteiger partial charge < -0.3 is 9.84 Å². The van der Waals surface area contributed by atoms with Crippen molar-refractivity contribution in [2.45, 2.75) is 52.4 Å². The summed E-state index contributed by atoms with van der Waals surface area (Å²) in [6.45, 7) is 4.46. The van der Waals surface area contributed by atoms with E-state index in [-0.39, 0.29) is 24.7 Å². The Balaban J connectivity index is 3.87. The Hall–Kier alpha value is -1.06. The first-order chi connectivity index (χ1) is 7.60. The molecule has 0 bridgehead atoms. The number of esters is 1. The van der Waals surface area contributed by atoms with Crippen molar-refractivity contribution in [2.75, 3.05) is 6.61 Å². The Kier molecular flexibility index (Phi) is 8.58. The maximum Gasteiger partial charge on any atom is 0.306 e. The number of hydrogen-bond donors (Lipinski definition) is 1. The SMILES string of the molecule is CCCCOC(=O)C[C@H](CCC)CC(=O)O. The third kappa shape index (κ3) is 8.26. The number of unbranched alkanes of at least 4 members (excludes halogenated alkanes) is 1. The van der Waals surface area contributed by atoms with Crippen LogP contribution in [0.15, 0.2) is 0 Å². The Labute approximate surface area is 97.0 Å². The van der Waals surface area contributed by atoms with Gasteiger partial charge in [-0.2, -0.15) is 0 Å². The predicted molar refractivity (Wildman–Crippen MR) is 61.1 cm³/mol. The van der Waals surface area contributed by atoms with Crippen molar-refractivity contribution in [1.82, 2.24) is 0 Å². The van der Waals surface area contributed by atoms with E-state index in [1.54, 1.807) is 0 Å². The highest BCUT2D eigenvalue weighted by Crippen LogP contribution is 2.16. The van der Waals surface area contributed by atoms with Crippen molar-refractivity contribution < 1.29 is 19.4 Å². The van der Waals surface area contributed by atoms with Crippen molar-refractivity contribution in [1.29, 1.82) is 0 Å². The summed E-state index contributed by atoms with van der Waals surface area (Å²) >= 11 is 0. The highest BCUT2D eigenvalue weighted by Gasteiger charge is 2.17. The number of carbonyl (C=O) groups excluding carboxylic acids is 1. The van der Waals surface area contributed by atoms with E-state index in [1.807, 2.05) is 13.8 Å². The Morgan fingerprint density at radius 3 is 2.38 bits per heavy atom. The number of hydrogen-bond acceptors (Lipinski definition) is 3. The molecule has 0 fully saturated rings. The highest BCUT2D eigenvalue weighted by atomic mass is 16.5. The van der Waals surface area contributed by atoms with Crippen LogP contribution >= 0.6 is 0 Å². The molecule has 0 aliphatic rings. The summed E-state index contributed by atoms with van der Waals surface area (Å²) in [6.07, 6.45) is 3.78. The van der Waals surface area contributed by atoms with Gasteiger partial charge in [0, 0.05) is 12.8 Å². The lowest BCUT2D eigenvalue weighted by molar-refractivity contribution is -0.145. The van der Waals surface area contributed by atoms with Gasteiger partial charge in [0.25, 0.3) is 0 Å². The second kappa shape index (κ2) is 9.19. The molecule has 4 heteroatoms. The van der Waals surface area contributed by atoms with Gasteiger partial charge in [0.15, 0.2) is 0 Å². The number of carbonyl (C=O) groups is 2. The minimum Gasteiger partial charge on any atom is -0.481 e. The van der Waals surface area contributed by atoms with Crippen LogP contribution in [0.4, 0.5) is 0 Å². The largest absolute Gasteiger partial charge is 0.481 e. The lowest BCUT2D eigenvalue weighted by Gasteiger charge is -2.12. The standard InChI is InChI=1S/C12H22O4/c1-3-5-7-16-12(15)9-10(6-4-2)8-11(13)14/h10H,3-9H2,1-2H3,(H,13,14)/t10-/m1/s1. The molecule has 0 saturated heterocycles. The van der Waals surface area contributed by atoms with E-state index in [9.17, 15) is 9.59 Å². The molecule has 0 aromatic rings. The van der Waals surface area contributed by atoms with Crippen LogP contribution in [0.25, 0.3) is 0 Å². The van der Waals surface area contributed by atoms with Gasteiger partial charge in [-0.3, -0.25) is 9.59 Å². The molecule has 94 valence electrons. The smallest absolute Gasteiger partial charge is 0.306 e. The zero-order valence-electron chi connectivity index (χ0n) is 10.2. The van der Waals surface area contributed by atoms with Gasteiger partial charge in [-0.05, 0) is 18.8 Å². The number of ether oxygens (including phenoxy) is 1. The number of carboxylic acid groups (broad SMARTS) is 1. The molecule has 0 aliphatic heterocycles. The van der Waals surface area contributed by atoms with Gasteiger partial charge in [-0.15, -0.1) is 0 Å². The Morgan fingerprint density at radius 1 is 1.19 bits per heavy atom. The first kappa shape index (κ1) is 14.9. The third-order valence-corrected chi connectivity index (χ3v) is 2.38. The molecule has 0 radical (unpaired) electrons. The van der Waals surface area contributed by atoms with Crippen LogP contribution in [-0.2, 0) is 14.3 Å². The van der Waals surface area contributed by atoms with Crippen LogP contribution in [0.3, 0.4) is 0 Å².